The summed E-state index contributed by atoms with van der Waals surface area (Å²) in [5, 5.41) is 4.48. The van der Waals surface area contributed by atoms with Crippen molar-refractivity contribution in [3.8, 4) is 0 Å². The highest BCUT2D eigenvalue weighted by Gasteiger charge is 2.10. The van der Waals surface area contributed by atoms with E-state index >= 15 is 0 Å². The molecule has 21 heavy (non-hydrogen) atoms. The van der Waals surface area contributed by atoms with Gasteiger partial charge in [-0.25, -0.2) is 4.98 Å². The fraction of sp³-hybridized carbons (Fsp3) is 0.615. The molecule has 8 heteroatoms. The predicted molar refractivity (Wildman–Crippen MR) is 88.7 cm³/mol. The molecule has 2 rings (SSSR count). The third kappa shape index (κ3) is 4.69. The number of ether oxygens (including phenoxy) is 1. The smallest absolute Gasteiger partial charge is 0.271 e. The molecule has 0 aromatic carbocycles. The van der Waals surface area contributed by atoms with E-state index in [0.29, 0.717) is 33.8 Å². The van der Waals surface area contributed by atoms with Crippen LogP contribution in [0, 0.1) is 0 Å². The number of anilines is 1. The standard InChI is InChI=1S/C13H20N4O2S2/c1-3-4-5-8-20-13-16-10-9(11(18)17-13)21-12(15-10)14-6-7-19-2/h3-8H2,1-2H3,(H2,14,15,16,17,18). The van der Waals surface area contributed by atoms with Crippen LogP contribution in [0.1, 0.15) is 26.2 Å². The second-order valence-corrected chi connectivity index (χ2v) is 6.60. The summed E-state index contributed by atoms with van der Waals surface area (Å²) < 4.78 is 5.53. The van der Waals surface area contributed by atoms with E-state index in [-0.39, 0.29) is 5.56 Å². The molecule has 0 amide bonds. The molecular formula is C13H20N4O2S2. The first kappa shape index (κ1) is 16.3. The minimum Gasteiger partial charge on any atom is -0.383 e. The van der Waals surface area contributed by atoms with E-state index in [9.17, 15) is 4.79 Å². The molecule has 0 saturated heterocycles. The summed E-state index contributed by atoms with van der Waals surface area (Å²) in [6, 6.07) is 0. The van der Waals surface area contributed by atoms with Crippen LogP contribution in [0.2, 0.25) is 0 Å². The van der Waals surface area contributed by atoms with Gasteiger partial charge in [-0.05, 0) is 6.42 Å². The highest BCUT2D eigenvalue weighted by Crippen LogP contribution is 2.23. The van der Waals surface area contributed by atoms with Crippen LogP contribution in [0.5, 0.6) is 0 Å². The molecule has 0 fully saturated rings. The van der Waals surface area contributed by atoms with Crippen molar-refractivity contribution in [3.63, 3.8) is 0 Å². The second kappa shape index (κ2) is 8.35. The van der Waals surface area contributed by atoms with Crippen LogP contribution in [0.3, 0.4) is 0 Å². The second-order valence-electron chi connectivity index (χ2n) is 4.52. The Morgan fingerprint density at radius 2 is 2.24 bits per heavy atom. The molecule has 0 unspecified atom stereocenters. The van der Waals surface area contributed by atoms with Crippen molar-refractivity contribution in [2.24, 2.45) is 0 Å². The number of nitrogens with zero attached hydrogens (tertiary/aromatic N) is 2. The number of thiazole rings is 1. The largest absolute Gasteiger partial charge is 0.383 e. The highest BCUT2D eigenvalue weighted by molar-refractivity contribution is 7.99. The van der Waals surface area contributed by atoms with Gasteiger partial charge in [-0.3, -0.25) is 4.79 Å². The molecule has 116 valence electrons. The normalized spacial score (nSPS) is 11.1. The lowest BCUT2D eigenvalue weighted by Gasteiger charge is -1.99. The van der Waals surface area contributed by atoms with Gasteiger partial charge in [-0.2, -0.15) is 4.98 Å². The molecule has 2 heterocycles. The molecular weight excluding hydrogens is 308 g/mol. The number of methoxy groups -OCH3 is 1. The molecule has 0 aliphatic carbocycles. The average molecular weight is 328 g/mol. The summed E-state index contributed by atoms with van der Waals surface area (Å²) in [6.45, 7) is 3.43. The van der Waals surface area contributed by atoms with E-state index < -0.39 is 0 Å². The molecule has 6 nitrogen and oxygen atoms in total. The van der Waals surface area contributed by atoms with Crippen LogP contribution in [0.25, 0.3) is 10.3 Å². The zero-order valence-electron chi connectivity index (χ0n) is 12.3. The third-order valence-corrected chi connectivity index (χ3v) is 4.77. The Balaban J connectivity index is 2.07. The SMILES string of the molecule is CCCCCSc1nc2nc(NCCOC)sc2c(=O)[nH]1. The van der Waals surface area contributed by atoms with E-state index in [1.807, 2.05) is 0 Å². The number of fused-ring (bicyclic) bond motifs is 1. The number of thioether (sulfide) groups is 1. The number of unbranched alkanes of at least 4 members (excludes halogenated alkanes) is 2. The van der Waals surface area contributed by atoms with Crippen molar-refractivity contribution < 1.29 is 4.74 Å². The lowest BCUT2D eigenvalue weighted by molar-refractivity contribution is 0.211. The van der Waals surface area contributed by atoms with Gasteiger partial charge in [0, 0.05) is 19.4 Å². The lowest BCUT2D eigenvalue weighted by atomic mass is 10.3. The van der Waals surface area contributed by atoms with Crippen molar-refractivity contribution in [3.05, 3.63) is 10.4 Å². The summed E-state index contributed by atoms with van der Waals surface area (Å²) >= 11 is 2.90. The lowest BCUT2D eigenvalue weighted by Crippen LogP contribution is -2.07. The molecule has 2 aromatic heterocycles. The van der Waals surface area contributed by atoms with E-state index in [1.54, 1.807) is 18.9 Å². The topological polar surface area (TPSA) is 79.9 Å². The van der Waals surface area contributed by atoms with Gasteiger partial charge in [0.2, 0.25) is 0 Å². The fourth-order valence-corrected chi connectivity index (χ4v) is 3.42. The number of nitrogens with one attached hydrogen (secondary N) is 2. The van der Waals surface area contributed by atoms with Gasteiger partial charge in [-0.1, -0.05) is 42.9 Å². The van der Waals surface area contributed by atoms with Gasteiger partial charge in [0.05, 0.1) is 6.61 Å². The van der Waals surface area contributed by atoms with E-state index in [0.717, 1.165) is 12.2 Å². The first-order chi connectivity index (χ1) is 10.2. The Bertz CT molecular complexity index is 626. The number of H-pyrrole nitrogens is 1. The number of aromatic amines is 1. The summed E-state index contributed by atoms with van der Waals surface area (Å²) in [6.07, 6.45) is 3.51. The van der Waals surface area contributed by atoms with Crippen molar-refractivity contribution in [2.75, 3.05) is 31.3 Å². The first-order valence-electron chi connectivity index (χ1n) is 7.01. The Morgan fingerprint density at radius 3 is 3.00 bits per heavy atom. The first-order valence-corrected chi connectivity index (χ1v) is 8.81. The minimum absolute atomic E-state index is 0.115. The van der Waals surface area contributed by atoms with Crippen LogP contribution in [-0.4, -0.2) is 41.0 Å². The quantitative estimate of drug-likeness (QED) is 0.418. The highest BCUT2D eigenvalue weighted by atomic mass is 32.2. The summed E-state index contributed by atoms with van der Waals surface area (Å²) in [7, 11) is 1.65. The zero-order valence-corrected chi connectivity index (χ0v) is 13.9. The maximum absolute atomic E-state index is 12.0. The van der Waals surface area contributed by atoms with Gasteiger partial charge in [-0.15, -0.1) is 0 Å². The number of hydrogen-bond acceptors (Lipinski definition) is 7. The number of hydrogen-bond donors (Lipinski definition) is 2. The molecule has 0 aliphatic heterocycles. The molecule has 0 bridgehead atoms. The molecule has 0 atom stereocenters. The van der Waals surface area contributed by atoms with Crippen LogP contribution in [0.15, 0.2) is 9.95 Å². The molecule has 2 N–H and O–H groups in total. The van der Waals surface area contributed by atoms with E-state index in [1.165, 1.54) is 24.2 Å². The maximum atomic E-state index is 12.0. The Morgan fingerprint density at radius 1 is 1.38 bits per heavy atom. The van der Waals surface area contributed by atoms with Crippen molar-refractivity contribution in [1.82, 2.24) is 15.0 Å². The van der Waals surface area contributed by atoms with Crippen LogP contribution in [0.4, 0.5) is 5.13 Å². The monoisotopic (exact) mass is 328 g/mol. The average Bonchev–Trinajstić information content (AvgIpc) is 2.87. The zero-order chi connectivity index (χ0) is 15.1. The van der Waals surface area contributed by atoms with Gasteiger partial charge >= 0.3 is 0 Å². The fourth-order valence-electron chi connectivity index (χ4n) is 1.74. The molecule has 0 saturated carbocycles. The predicted octanol–water partition coefficient (Wildman–Crippen LogP) is 2.72. The van der Waals surface area contributed by atoms with E-state index in [2.05, 4.69) is 27.2 Å². The van der Waals surface area contributed by atoms with Gasteiger partial charge in [0.25, 0.3) is 5.56 Å². The minimum atomic E-state index is -0.115. The van der Waals surface area contributed by atoms with Crippen LogP contribution >= 0.6 is 23.1 Å². The summed E-state index contributed by atoms with van der Waals surface area (Å²) in [5.74, 6) is 0.964. The van der Waals surface area contributed by atoms with Crippen LogP contribution in [-0.2, 0) is 4.74 Å². The van der Waals surface area contributed by atoms with Crippen molar-refractivity contribution in [2.45, 2.75) is 31.3 Å². The van der Waals surface area contributed by atoms with Gasteiger partial charge in [0.1, 0.15) is 4.70 Å². The van der Waals surface area contributed by atoms with E-state index in [4.69, 9.17) is 4.74 Å². The van der Waals surface area contributed by atoms with Crippen LogP contribution < -0.4 is 10.9 Å². The number of aromatic nitrogens is 3. The number of rotatable bonds is 9. The van der Waals surface area contributed by atoms with Crippen molar-refractivity contribution in [1.29, 1.82) is 0 Å². The Hall–Kier alpha value is -1.12. The molecule has 0 radical (unpaired) electrons. The summed E-state index contributed by atoms with van der Waals surface area (Å²) in [4.78, 5) is 23.6. The third-order valence-electron chi connectivity index (χ3n) is 2.81. The molecule has 2 aromatic rings. The molecule has 0 spiro atoms. The Kier molecular flexibility index (Phi) is 6.47. The van der Waals surface area contributed by atoms with Gasteiger partial charge < -0.3 is 15.0 Å². The Labute approximate surface area is 131 Å². The van der Waals surface area contributed by atoms with Crippen molar-refractivity contribution >= 4 is 38.6 Å². The van der Waals surface area contributed by atoms with Gasteiger partial charge in [0.15, 0.2) is 15.9 Å². The molecule has 0 aliphatic rings. The summed E-state index contributed by atoms with van der Waals surface area (Å²) in [5.41, 5.74) is 0.400. The maximum Gasteiger partial charge on any atom is 0.271 e.